The van der Waals surface area contributed by atoms with Crippen LogP contribution < -0.4 is 9.79 Å². The summed E-state index contributed by atoms with van der Waals surface area (Å²) in [6.45, 7) is 2.27. The lowest BCUT2D eigenvalue weighted by Gasteiger charge is -2.07. The quantitative estimate of drug-likeness (QED) is 0.334. The van der Waals surface area contributed by atoms with Gasteiger partial charge in [0.05, 0.1) is 0 Å². The average molecular weight is 245 g/mol. The third-order valence-electron chi connectivity index (χ3n) is 2.36. The van der Waals surface area contributed by atoms with Crippen molar-refractivity contribution < 1.29 is 19.1 Å². The maximum Gasteiger partial charge on any atom is 0.339 e. The highest BCUT2D eigenvalue weighted by Crippen LogP contribution is 2.13. The summed E-state index contributed by atoms with van der Waals surface area (Å²) in [4.78, 5) is 14.6. The van der Waals surface area contributed by atoms with Crippen LogP contribution in [0.3, 0.4) is 0 Å². The van der Waals surface area contributed by atoms with E-state index < -0.39 is 5.90 Å². The van der Waals surface area contributed by atoms with E-state index in [2.05, 4.69) is 10.3 Å². The first-order chi connectivity index (χ1) is 8.76. The molecule has 1 heterocycles. The summed E-state index contributed by atoms with van der Waals surface area (Å²) < 4.78 is 6.20. The zero-order valence-electron chi connectivity index (χ0n) is 9.74. The SMILES string of the molecule is CC[n+]1noc(/N=C(\[O-])c2ccccc2)c1C=O. The Labute approximate surface area is 103 Å². The minimum absolute atomic E-state index is 0.0688. The molecule has 0 fully saturated rings. The Kier molecular flexibility index (Phi) is 3.47. The number of hydrogen-bond acceptors (Lipinski definition) is 5. The van der Waals surface area contributed by atoms with Gasteiger partial charge in [-0.05, 0) is 23.1 Å². The first kappa shape index (κ1) is 12.0. The van der Waals surface area contributed by atoms with Crippen molar-refractivity contribution >= 4 is 18.1 Å². The first-order valence-electron chi connectivity index (χ1n) is 5.42. The molecular formula is C12H11N3O3. The molecule has 2 aromatic rings. The second kappa shape index (κ2) is 5.22. The van der Waals surface area contributed by atoms with Gasteiger partial charge in [-0.2, -0.15) is 0 Å². The summed E-state index contributed by atoms with van der Waals surface area (Å²) in [7, 11) is 0. The van der Waals surface area contributed by atoms with Crippen molar-refractivity contribution in [3.63, 3.8) is 0 Å². The van der Waals surface area contributed by atoms with E-state index in [1.807, 2.05) is 0 Å². The number of aryl methyl sites for hydroxylation is 1. The fraction of sp³-hybridized carbons (Fsp3) is 0.167. The van der Waals surface area contributed by atoms with Gasteiger partial charge in [-0.25, -0.2) is 4.99 Å². The number of aromatic nitrogens is 2. The molecule has 1 aromatic carbocycles. The summed E-state index contributed by atoms with van der Waals surface area (Å²) >= 11 is 0. The van der Waals surface area contributed by atoms with Crippen LogP contribution in [0.2, 0.25) is 0 Å². The highest BCUT2D eigenvalue weighted by molar-refractivity contribution is 5.92. The van der Waals surface area contributed by atoms with Crippen LogP contribution in [0, 0.1) is 0 Å². The van der Waals surface area contributed by atoms with Crippen molar-refractivity contribution in [1.29, 1.82) is 0 Å². The number of benzene rings is 1. The van der Waals surface area contributed by atoms with Crippen LogP contribution in [-0.4, -0.2) is 17.5 Å². The number of aldehydes is 1. The number of rotatable bonds is 4. The molecule has 0 aliphatic heterocycles. The van der Waals surface area contributed by atoms with Crippen LogP contribution in [-0.2, 0) is 6.54 Å². The Morgan fingerprint density at radius 2 is 2.22 bits per heavy atom. The van der Waals surface area contributed by atoms with E-state index in [4.69, 9.17) is 4.52 Å². The zero-order valence-corrected chi connectivity index (χ0v) is 9.74. The Morgan fingerprint density at radius 1 is 1.50 bits per heavy atom. The maximum atomic E-state index is 11.8. The molecule has 1 aromatic heterocycles. The van der Waals surface area contributed by atoms with Gasteiger partial charge in [0.2, 0.25) is 11.6 Å². The molecule has 0 atom stereocenters. The standard InChI is InChI=1S/C12H11N3O3/c1-2-15-10(8-16)12(18-14-15)13-11(17)9-6-4-3-5-7-9/h3-8H,2H2,1H3. The van der Waals surface area contributed by atoms with Gasteiger partial charge in [0.1, 0.15) is 0 Å². The molecular weight excluding hydrogens is 234 g/mol. The molecule has 2 rings (SSSR count). The molecule has 0 N–H and O–H groups in total. The van der Waals surface area contributed by atoms with E-state index >= 15 is 0 Å². The van der Waals surface area contributed by atoms with Crippen LogP contribution >= 0.6 is 0 Å². The minimum Gasteiger partial charge on any atom is -0.858 e. The summed E-state index contributed by atoms with van der Waals surface area (Å²) in [5.74, 6) is -0.543. The topological polar surface area (TPSA) is 82.4 Å². The van der Waals surface area contributed by atoms with Crippen LogP contribution in [0.4, 0.5) is 5.88 Å². The maximum absolute atomic E-state index is 11.8. The van der Waals surface area contributed by atoms with Gasteiger partial charge in [-0.1, -0.05) is 30.3 Å². The fourth-order valence-electron chi connectivity index (χ4n) is 1.44. The summed E-state index contributed by atoms with van der Waals surface area (Å²) in [6.07, 6.45) is 0.567. The third kappa shape index (κ3) is 2.27. The molecule has 0 aliphatic rings. The molecule has 92 valence electrons. The molecule has 0 saturated heterocycles. The summed E-state index contributed by atoms with van der Waals surface area (Å²) in [5, 5.41) is 15.4. The summed E-state index contributed by atoms with van der Waals surface area (Å²) in [5.41, 5.74) is 0.579. The largest absolute Gasteiger partial charge is 0.858 e. The third-order valence-corrected chi connectivity index (χ3v) is 2.36. The molecule has 6 nitrogen and oxygen atoms in total. The van der Waals surface area contributed by atoms with Crippen molar-refractivity contribution in [2.45, 2.75) is 13.5 Å². The van der Waals surface area contributed by atoms with Crippen LogP contribution in [0.1, 0.15) is 23.0 Å². The Bertz CT molecular complexity index is 576. The van der Waals surface area contributed by atoms with Crippen LogP contribution in [0.5, 0.6) is 0 Å². The van der Waals surface area contributed by atoms with Crippen molar-refractivity contribution in [2.24, 2.45) is 4.99 Å². The van der Waals surface area contributed by atoms with Gasteiger partial charge in [0, 0.05) is 0 Å². The Morgan fingerprint density at radius 3 is 2.83 bits per heavy atom. The van der Waals surface area contributed by atoms with Crippen molar-refractivity contribution in [3.8, 4) is 0 Å². The second-order valence-corrected chi connectivity index (χ2v) is 3.48. The van der Waals surface area contributed by atoms with Crippen molar-refractivity contribution in [1.82, 2.24) is 5.27 Å². The molecule has 18 heavy (non-hydrogen) atoms. The zero-order chi connectivity index (χ0) is 13.0. The molecule has 0 radical (unpaired) electrons. The Hall–Kier alpha value is -2.50. The fourth-order valence-corrected chi connectivity index (χ4v) is 1.44. The van der Waals surface area contributed by atoms with E-state index in [1.165, 1.54) is 4.68 Å². The van der Waals surface area contributed by atoms with E-state index in [9.17, 15) is 9.90 Å². The molecule has 6 heteroatoms. The average Bonchev–Trinajstić information content (AvgIpc) is 2.81. The van der Waals surface area contributed by atoms with Crippen LogP contribution in [0.15, 0.2) is 39.8 Å². The monoisotopic (exact) mass is 245 g/mol. The first-order valence-corrected chi connectivity index (χ1v) is 5.42. The van der Waals surface area contributed by atoms with Gasteiger partial charge in [-0.15, -0.1) is 0 Å². The van der Waals surface area contributed by atoms with Gasteiger partial charge in [0.15, 0.2) is 6.54 Å². The lowest BCUT2D eigenvalue weighted by molar-refractivity contribution is -0.760. The van der Waals surface area contributed by atoms with Gasteiger partial charge in [-0.3, -0.25) is 9.32 Å². The van der Waals surface area contributed by atoms with Crippen molar-refractivity contribution in [2.75, 3.05) is 0 Å². The number of nitrogens with zero attached hydrogens (tertiary/aromatic N) is 3. The smallest absolute Gasteiger partial charge is 0.339 e. The normalized spacial score (nSPS) is 11.5. The molecule has 0 amide bonds. The molecule has 0 aliphatic carbocycles. The number of carbonyl (C=O) groups excluding carboxylic acids is 1. The van der Waals surface area contributed by atoms with E-state index in [1.54, 1.807) is 37.3 Å². The molecule has 0 spiro atoms. The molecule has 0 unspecified atom stereocenters. The predicted octanol–water partition coefficient (Wildman–Crippen LogP) is 0.233. The Balaban J connectivity index is 2.39. The summed E-state index contributed by atoms with van der Waals surface area (Å²) in [6, 6.07) is 8.53. The minimum atomic E-state index is -0.474. The van der Waals surface area contributed by atoms with E-state index in [0.29, 0.717) is 18.4 Å². The molecule has 0 saturated carbocycles. The highest BCUT2D eigenvalue weighted by Gasteiger charge is 2.21. The van der Waals surface area contributed by atoms with Crippen LogP contribution in [0.25, 0.3) is 0 Å². The number of aliphatic imine (C=N–C) groups is 1. The number of carbonyl (C=O) groups is 1. The van der Waals surface area contributed by atoms with Gasteiger partial charge >= 0.3 is 11.6 Å². The van der Waals surface area contributed by atoms with E-state index in [-0.39, 0.29) is 11.6 Å². The van der Waals surface area contributed by atoms with Gasteiger partial charge < -0.3 is 5.11 Å². The van der Waals surface area contributed by atoms with Gasteiger partial charge in [0.25, 0.3) is 0 Å². The lowest BCUT2D eigenvalue weighted by Crippen LogP contribution is -2.37. The van der Waals surface area contributed by atoms with Crippen molar-refractivity contribution in [3.05, 3.63) is 41.6 Å². The second-order valence-electron chi connectivity index (χ2n) is 3.48. The highest BCUT2D eigenvalue weighted by atomic mass is 16.5. The molecule has 0 bridgehead atoms. The lowest BCUT2D eigenvalue weighted by atomic mass is 10.2. The predicted molar refractivity (Wildman–Crippen MR) is 60.4 cm³/mol. The van der Waals surface area contributed by atoms with E-state index in [0.717, 1.165) is 0 Å². The number of hydrogen-bond donors (Lipinski definition) is 0.